The van der Waals surface area contributed by atoms with Gasteiger partial charge in [-0.25, -0.2) is 9.97 Å². The maximum absolute atomic E-state index is 11.0. The molecule has 0 spiro atoms. The molecule has 0 bridgehead atoms. The van der Waals surface area contributed by atoms with Gasteiger partial charge in [0, 0.05) is 6.92 Å². The molecule has 1 rings (SSSR count). The number of carbonyl (C=O) groups is 1. The normalized spacial score (nSPS) is 9.31. The smallest absolute Gasteiger partial charge is 0.180 e. The van der Waals surface area contributed by atoms with Crippen molar-refractivity contribution in [2.75, 3.05) is 11.1 Å². The lowest BCUT2D eigenvalue weighted by Gasteiger charge is -2.05. The van der Waals surface area contributed by atoms with E-state index in [4.69, 9.17) is 5.73 Å². The van der Waals surface area contributed by atoms with Crippen LogP contribution in [0, 0.1) is 0 Å². The minimum Gasteiger partial charge on any atom is -0.394 e. The van der Waals surface area contributed by atoms with Crippen molar-refractivity contribution < 1.29 is 4.79 Å². The van der Waals surface area contributed by atoms with Gasteiger partial charge in [0.2, 0.25) is 0 Å². The maximum Gasteiger partial charge on any atom is 0.180 e. The molecular weight excluding hydrogens is 168 g/mol. The van der Waals surface area contributed by atoms with E-state index >= 15 is 0 Å². The van der Waals surface area contributed by atoms with Gasteiger partial charge in [0.1, 0.15) is 17.7 Å². The number of anilines is 2. The Bertz CT molecular complexity index is 348. The molecule has 0 aliphatic carbocycles. The molecule has 0 aromatic carbocycles. The second-order valence-corrected chi connectivity index (χ2v) is 2.39. The van der Waals surface area contributed by atoms with Crippen LogP contribution in [0.15, 0.2) is 19.1 Å². The molecule has 0 amide bonds. The highest BCUT2D eigenvalue weighted by atomic mass is 16.1. The SMILES string of the molecule is C=CNc1ncnc(C(C)=O)c1N. The number of nitrogens with zero attached hydrogens (tertiary/aromatic N) is 2. The van der Waals surface area contributed by atoms with Gasteiger partial charge in [-0.15, -0.1) is 0 Å². The average Bonchev–Trinajstić information content (AvgIpc) is 2.08. The largest absolute Gasteiger partial charge is 0.394 e. The number of Topliss-reactive ketones (excluding diaryl/α,β-unsaturated/α-hetero) is 1. The minimum absolute atomic E-state index is 0.188. The lowest BCUT2D eigenvalue weighted by molar-refractivity contribution is 0.101. The highest BCUT2D eigenvalue weighted by Crippen LogP contribution is 2.17. The zero-order valence-electron chi connectivity index (χ0n) is 7.24. The van der Waals surface area contributed by atoms with E-state index in [0.29, 0.717) is 5.82 Å². The quantitative estimate of drug-likeness (QED) is 0.669. The van der Waals surface area contributed by atoms with Crippen LogP contribution in [0.2, 0.25) is 0 Å². The van der Waals surface area contributed by atoms with Crippen LogP contribution >= 0.6 is 0 Å². The number of hydrogen-bond donors (Lipinski definition) is 2. The molecule has 0 saturated carbocycles. The fraction of sp³-hybridized carbons (Fsp3) is 0.125. The van der Waals surface area contributed by atoms with E-state index in [0.717, 1.165) is 0 Å². The van der Waals surface area contributed by atoms with Gasteiger partial charge >= 0.3 is 0 Å². The number of nitrogens with one attached hydrogen (secondary N) is 1. The summed E-state index contributed by atoms with van der Waals surface area (Å²) in [6.07, 6.45) is 2.71. The average molecular weight is 178 g/mol. The van der Waals surface area contributed by atoms with Crippen LogP contribution in [0.5, 0.6) is 0 Å². The van der Waals surface area contributed by atoms with E-state index in [1.165, 1.54) is 19.5 Å². The second-order valence-electron chi connectivity index (χ2n) is 2.39. The molecule has 1 aromatic rings. The van der Waals surface area contributed by atoms with Crippen LogP contribution in [-0.2, 0) is 0 Å². The molecule has 68 valence electrons. The summed E-state index contributed by atoms with van der Waals surface area (Å²) >= 11 is 0. The number of ketones is 1. The number of aromatic nitrogens is 2. The Morgan fingerprint density at radius 1 is 1.69 bits per heavy atom. The van der Waals surface area contributed by atoms with Crippen molar-refractivity contribution in [3.8, 4) is 0 Å². The third-order valence-electron chi connectivity index (χ3n) is 1.46. The summed E-state index contributed by atoms with van der Waals surface area (Å²) in [5.74, 6) is 0.210. The summed E-state index contributed by atoms with van der Waals surface area (Å²) < 4.78 is 0. The van der Waals surface area contributed by atoms with E-state index in [2.05, 4.69) is 21.9 Å². The standard InChI is InChI=1S/C8H10N4O/c1-3-10-8-6(9)7(5(2)13)11-4-12-8/h3-4H,1,9H2,2H3,(H,10,11,12). The fourth-order valence-corrected chi connectivity index (χ4v) is 0.888. The molecule has 5 heteroatoms. The molecule has 5 nitrogen and oxygen atoms in total. The Hall–Kier alpha value is -1.91. The summed E-state index contributed by atoms with van der Waals surface area (Å²) in [7, 11) is 0. The van der Waals surface area contributed by atoms with Crippen molar-refractivity contribution in [3.63, 3.8) is 0 Å². The zero-order valence-corrected chi connectivity index (χ0v) is 7.24. The molecule has 13 heavy (non-hydrogen) atoms. The van der Waals surface area contributed by atoms with Crippen LogP contribution in [-0.4, -0.2) is 15.8 Å². The van der Waals surface area contributed by atoms with Gasteiger partial charge in [-0.2, -0.15) is 0 Å². The van der Waals surface area contributed by atoms with Gasteiger partial charge in [0.15, 0.2) is 11.6 Å². The van der Waals surface area contributed by atoms with Crippen molar-refractivity contribution in [2.24, 2.45) is 0 Å². The Morgan fingerprint density at radius 3 is 2.92 bits per heavy atom. The number of nitrogens with two attached hydrogens (primary N) is 1. The highest BCUT2D eigenvalue weighted by Gasteiger charge is 2.10. The van der Waals surface area contributed by atoms with Crippen LogP contribution in [0.1, 0.15) is 17.4 Å². The first-order valence-corrected chi connectivity index (χ1v) is 3.65. The van der Waals surface area contributed by atoms with Crippen molar-refractivity contribution >= 4 is 17.3 Å². The highest BCUT2D eigenvalue weighted by molar-refractivity contribution is 5.99. The van der Waals surface area contributed by atoms with Gasteiger partial charge in [-0.1, -0.05) is 6.58 Å². The van der Waals surface area contributed by atoms with Gasteiger partial charge in [-0.05, 0) is 6.20 Å². The van der Waals surface area contributed by atoms with E-state index < -0.39 is 0 Å². The van der Waals surface area contributed by atoms with Crippen LogP contribution in [0.4, 0.5) is 11.5 Å². The first-order chi connectivity index (χ1) is 6.16. The maximum atomic E-state index is 11.0. The molecule has 0 radical (unpaired) electrons. The zero-order chi connectivity index (χ0) is 9.84. The lowest BCUT2D eigenvalue weighted by Crippen LogP contribution is -2.07. The molecule has 0 aliphatic heterocycles. The van der Waals surface area contributed by atoms with Crippen molar-refractivity contribution in [1.82, 2.24) is 9.97 Å². The van der Waals surface area contributed by atoms with Gasteiger partial charge in [-0.3, -0.25) is 4.79 Å². The molecule has 0 saturated heterocycles. The Kier molecular flexibility index (Phi) is 2.59. The van der Waals surface area contributed by atoms with E-state index in [1.807, 2.05) is 0 Å². The Balaban J connectivity index is 3.17. The third kappa shape index (κ3) is 1.81. The number of hydrogen-bond acceptors (Lipinski definition) is 5. The first kappa shape index (κ1) is 9.18. The molecule has 1 heterocycles. The molecular formula is C8H10N4O. The predicted molar refractivity (Wildman–Crippen MR) is 50.3 cm³/mol. The lowest BCUT2D eigenvalue weighted by atomic mass is 10.2. The number of nitrogen functional groups attached to an aromatic ring is 1. The van der Waals surface area contributed by atoms with Gasteiger partial charge in [0.25, 0.3) is 0 Å². The van der Waals surface area contributed by atoms with E-state index in [-0.39, 0.29) is 17.2 Å². The summed E-state index contributed by atoms with van der Waals surface area (Å²) in [5.41, 5.74) is 6.08. The van der Waals surface area contributed by atoms with Crippen LogP contribution in [0.3, 0.4) is 0 Å². The minimum atomic E-state index is -0.188. The molecule has 0 unspecified atom stereocenters. The van der Waals surface area contributed by atoms with Crippen LogP contribution in [0.25, 0.3) is 0 Å². The van der Waals surface area contributed by atoms with Crippen molar-refractivity contribution in [2.45, 2.75) is 6.92 Å². The van der Waals surface area contributed by atoms with E-state index in [1.54, 1.807) is 0 Å². The molecule has 0 atom stereocenters. The number of rotatable bonds is 3. The third-order valence-corrected chi connectivity index (χ3v) is 1.46. The molecule has 1 aromatic heterocycles. The second kappa shape index (κ2) is 3.66. The van der Waals surface area contributed by atoms with Crippen molar-refractivity contribution in [1.29, 1.82) is 0 Å². The fourth-order valence-electron chi connectivity index (χ4n) is 0.888. The summed E-state index contributed by atoms with van der Waals surface area (Å²) in [4.78, 5) is 18.6. The molecule has 0 aliphatic rings. The van der Waals surface area contributed by atoms with E-state index in [9.17, 15) is 4.79 Å². The molecule has 3 N–H and O–H groups in total. The Labute approximate surface area is 75.7 Å². The van der Waals surface area contributed by atoms with Gasteiger partial charge < -0.3 is 11.1 Å². The number of carbonyl (C=O) groups excluding carboxylic acids is 1. The molecule has 0 fully saturated rings. The monoisotopic (exact) mass is 178 g/mol. The summed E-state index contributed by atoms with van der Waals surface area (Å²) in [6, 6.07) is 0. The summed E-state index contributed by atoms with van der Waals surface area (Å²) in [6.45, 7) is 4.86. The summed E-state index contributed by atoms with van der Waals surface area (Å²) in [5, 5.41) is 2.71. The predicted octanol–water partition coefficient (Wildman–Crippen LogP) is 0.817. The first-order valence-electron chi connectivity index (χ1n) is 3.65. The van der Waals surface area contributed by atoms with Crippen molar-refractivity contribution in [3.05, 3.63) is 24.8 Å². The van der Waals surface area contributed by atoms with Gasteiger partial charge in [0.05, 0.1) is 0 Å². The Morgan fingerprint density at radius 2 is 2.38 bits per heavy atom. The topological polar surface area (TPSA) is 80.9 Å². The van der Waals surface area contributed by atoms with Crippen LogP contribution < -0.4 is 11.1 Å².